The van der Waals surface area contributed by atoms with Crippen molar-refractivity contribution in [1.29, 1.82) is 0 Å². The van der Waals surface area contributed by atoms with Crippen LogP contribution in [0.3, 0.4) is 0 Å². The van der Waals surface area contributed by atoms with E-state index in [1.165, 1.54) is 17.6 Å². The number of hydrogen-bond donors (Lipinski definition) is 0. The van der Waals surface area contributed by atoms with Crippen molar-refractivity contribution in [2.24, 2.45) is 0 Å². The molecule has 2 aromatic heterocycles. The Kier molecular flexibility index (Phi) is 5.26. The molecule has 6 nitrogen and oxygen atoms in total. The zero-order chi connectivity index (χ0) is 18.6. The van der Waals surface area contributed by atoms with Crippen LogP contribution in [0.2, 0.25) is 0 Å². The molecule has 4 rings (SSSR count). The summed E-state index contributed by atoms with van der Waals surface area (Å²) in [6.45, 7) is 1.15. The number of fused-ring (bicyclic) bond motifs is 1. The van der Waals surface area contributed by atoms with Crippen LogP contribution in [0.1, 0.15) is 5.56 Å². The second kappa shape index (κ2) is 7.98. The van der Waals surface area contributed by atoms with Crippen molar-refractivity contribution < 1.29 is 14.3 Å². The number of benzene rings is 1. The van der Waals surface area contributed by atoms with E-state index in [0.29, 0.717) is 24.9 Å². The van der Waals surface area contributed by atoms with Gasteiger partial charge in [-0.1, -0.05) is 23.5 Å². The average molecular weight is 399 g/mol. The number of amides is 1. The van der Waals surface area contributed by atoms with Gasteiger partial charge in [0.25, 0.3) is 5.91 Å². The summed E-state index contributed by atoms with van der Waals surface area (Å²) in [5.41, 5.74) is 1.82. The van der Waals surface area contributed by atoms with Crippen LogP contribution >= 0.6 is 23.1 Å². The molecular formula is C19H17N3O3S2. The molecule has 138 valence electrons. The van der Waals surface area contributed by atoms with Crippen molar-refractivity contribution >= 4 is 44.4 Å². The predicted molar refractivity (Wildman–Crippen MR) is 107 cm³/mol. The average Bonchev–Trinajstić information content (AvgIpc) is 3.17. The number of carbonyl (C=O) groups excluding carboxylic acids is 1. The van der Waals surface area contributed by atoms with Crippen LogP contribution in [0.15, 0.2) is 59.6 Å². The second-order valence-corrected chi connectivity index (χ2v) is 7.61. The summed E-state index contributed by atoms with van der Waals surface area (Å²) in [7, 11) is 0. The van der Waals surface area contributed by atoms with Crippen LogP contribution < -0.4 is 4.90 Å². The second-order valence-electron chi connectivity index (χ2n) is 5.76. The Morgan fingerprint density at radius 1 is 1.30 bits per heavy atom. The highest BCUT2D eigenvalue weighted by Crippen LogP contribution is 2.35. The first-order valence-corrected chi connectivity index (χ1v) is 10.4. The van der Waals surface area contributed by atoms with Gasteiger partial charge >= 0.3 is 0 Å². The number of pyridine rings is 1. The lowest BCUT2D eigenvalue weighted by atomic mass is 10.2. The van der Waals surface area contributed by atoms with Gasteiger partial charge in [-0.05, 0) is 30.0 Å². The molecular weight excluding hydrogens is 382 g/mol. The van der Waals surface area contributed by atoms with Crippen molar-refractivity contribution in [3.05, 3.63) is 60.3 Å². The van der Waals surface area contributed by atoms with Crippen LogP contribution in [-0.4, -0.2) is 35.3 Å². The fourth-order valence-corrected chi connectivity index (χ4v) is 4.32. The summed E-state index contributed by atoms with van der Waals surface area (Å²) >= 11 is 3.12. The summed E-state index contributed by atoms with van der Waals surface area (Å²) in [4.78, 5) is 24.7. The van der Waals surface area contributed by atoms with Gasteiger partial charge in [-0.3, -0.25) is 14.7 Å². The normalized spacial score (nSPS) is 13.6. The lowest BCUT2D eigenvalue weighted by molar-refractivity contribution is -0.119. The van der Waals surface area contributed by atoms with Crippen molar-refractivity contribution in [2.75, 3.05) is 24.4 Å². The molecule has 0 saturated heterocycles. The van der Waals surface area contributed by atoms with E-state index in [-0.39, 0.29) is 11.7 Å². The van der Waals surface area contributed by atoms with Crippen LogP contribution in [0.5, 0.6) is 0 Å². The highest BCUT2D eigenvalue weighted by molar-refractivity contribution is 7.98. The first-order chi connectivity index (χ1) is 13.3. The molecule has 1 aliphatic heterocycles. The Morgan fingerprint density at radius 2 is 2.22 bits per heavy atom. The first kappa shape index (κ1) is 17.8. The van der Waals surface area contributed by atoms with Crippen LogP contribution in [0, 0.1) is 0 Å². The van der Waals surface area contributed by atoms with Gasteiger partial charge in [0.2, 0.25) is 5.76 Å². The number of rotatable bonds is 5. The van der Waals surface area contributed by atoms with E-state index in [1.807, 2.05) is 36.6 Å². The van der Waals surface area contributed by atoms with Gasteiger partial charge in [0.05, 0.1) is 16.8 Å². The van der Waals surface area contributed by atoms with Crippen molar-refractivity contribution in [2.45, 2.75) is 11.4 Å². The van der Waals surface area contributed by atoms with E-state index >= 15 is 0 Å². The van der Waals surface area contributed by atoms with E-state index < -0.39 is 0 Å². The molecule has 1 aromatic carbocycles. The van der Waals surface area contributed by atoms with Gasteiger partial charge in [0, 0.05) is 17.3 Å². The molecule has 1 aliphatic rings. The summed E-state index contributed by atoms with van der Waals surface area (Å²) in [5, 5.41) is 0.621. The maximum absolute atomic E-state index is 13.1. The Bertz CT molecular complexity index is 988. The van der Waals surface area contributed by atoms with Gasteiger partial charge in [0.1, 0.15) is 19.5 Å². The lowest BCUT2D eigenvalue weighted by Crippen LogP contribution is -2.33. The van der Waals surface area contributed by atoms with Crippen molar-refractivity contribution in [3.8, 4) is 0 Å². The van der Waals surface area contributed by atoms with Gasteiger partial charge in [0.15, 0.2) is 5.13 Å². The minimum absolute atomic E-state index is 0.189. The van der Waals surface area contributed by atoms with Crippen LogP contribution in [-0.2, 0) is 20.8 Å². The van der Waals surface area contributed by atoms with Gasteiger partial charge in [-0.2, -0.15) is 0 Å². The van der Waals surface area contributed by atoms with E-state index in [2.05, 4.69) is 4.98 Å². The summed E-state index contributed by atoms with van der Waals surface area (Å²) in [5.74, 6) is -0.0854. The Labute approximate surface area is 164 Å². The minimum atomic E-state index is -0.275. The molecule has 0 saturated carbocycles. The zero-order valence-corrected chi connectivity index (χ0v) is 16.3. The largest absolute Gasteiger partial charge is 0.494 e. The van der Waals surface area contributed by atoms with Gasteiger partial charge < -0.3 is 9.47 Å². The molecule has 0 radical (unpaired) electrons. The number of para-hydroxylation sites is 1. The third-order valence-electron chi connectivity index (χ3n) is 3.99. The Morgan fingerprint density at radius 3 is 2.96 bits per heavy atom. The SMILES string of the molecule is CSc1cccc2sc(N(Cc3cccnc3)C(=O)C3=COCCO3)nc12. The number of nitrogens with zero attached hydrogens (tertiary/aromatic N) is 3. The number of ether oxygens (including phenoxy) is 2. The van der Waals surface area contributed by atoms with Gasteiger partial charge in [-0.25, -0.2) is 4.98 Å². The predicted octanol–water partition coefficient (Wildman–Crippen LogP) is 3.83. The molecule has 0 spiro atoms. The van der Waals surface area contributed by atoms with Crippen molar-refractivity contribution in [1.82, 2.24) is 9.97 Å². The third-order valence-corrected chi connectivity index (χ3v) is 5.80. The molecule has 3 aromatic rings. The summed E-state index contributed by atoms with van der Waals surface area (Å²) in [6.07, 6.45) is 6.85. The number of thiazole rings is 1. The zero-order valence-electron chi connectivity index (χ0n) is 14.6. The van der Waals surface area contributed by atoms with E-state index in [9.17, 15) is 4.79 Å². The topological polar surface area (TPSA) is 64.6 Å². The summed E-state index contributed by atoms with van der Waals surface area (Å²) < 4.78 is 11.8. The number of anilines is 1. The molecule has 8 heteroatoms. The highest BCUT2D eigenvalue weighted by Gasteiger charge is 2.26. The minimum Gasteiger partial charge on any atom is -0.494 e. The third kappa shape index (κ3) is 3.77. The molecule has 0 unspecified atom stereocenters. The smallest absolute Gasteiger partial charge is 0.298 e. The Balaban J connectivity index is 1.75. The monoisotopic (exact) mass is 399 g/mol. The van der Waals surface area contributed by atoms with E-state index in [1.54, 1.807) is 29.1 Å². The highest BCUT2D eigenvalue weighted by atomic mass is 32.2. The maximum Gasteiger partial charge on any atom is 0.298 e. The molecule has 0 bridgehead atoms. The molecule has 0 atom stereocenters. The van der Waals surface area contributed by atoms with Crippen molar-refractivity contribution in [3.63, 3.8) is 0 Å². The van der Waals surface area contributed by atoms with Gasteiger partial charge in [-0.15, -0.1) is 11.8 Å². The molecule has 1 amide bonds. The summed E-state index contributed by atoms with van der Waals surface area (Å²) in [6, 6.07) is 9.83. The number of aromatic nitrogens is 2. The maximum atomic E-state index is 13.1. The Hall–Kier alpha value is -2.58. The van der Waals surface area contributed by atoms with Crippen LogP contribution in [0.25, 0.3) is 10.2 Å². The fraction of sp³-hybridized carbons (Fsp3) is 0.211. The molecule has 0 N–H and O–H groups in total. The quantitative estimate of drug-likeness (QED) is 0.608. The van der Waals surface area contributed by atoms with E-state index in [0.717, 1.165) is 20.7 Å². The molecule has 0 fully saturated rings. The van der Waals surface area contributed by atoms with E-state index in [4.69, 9.17) is 14.5 Å². The van der Waals surface area contributed by atoms with Crippen LogP contribution in [0.4, 0.5) is 5.13 Å². The standard InChI is InChI=1S/C19H17N3O3S2/c1-26-15-5-2-6-16-17(15)21-19(27-16)22(11-13-4-3-7-20-10-13)18(23)14-12-24-8-9-25-14/h2-7,10,12H,8-9,11H2,1H3. The molecule has 0 aliphatic carbocycles. The molecule has 3 heterocycles. The molecule has 27 heavy (non-hydrogen) atoms. The number of hydrogen-bond acceptors (Lipinski definition) is 7. The number of carbonyl (C=O) groups is 1. The number of thioether (sulfide) groups is 1. The lowest BCUT2D eigenvalue weighted by Gasteiger charge is -2.23. The fourth-order valence-electron chi connectivity index (χ4n) is 2.71. The first-order valence-electron chi connectivity index (χ1n) is 8.35.